The molecule has 2 aromatic carbocycles. The first-order valence-electron chi connectivity index (χ1n) is 12.1. The number of nitrogens with one attached hydrogen (secondary N) is 1. The first-order chi connectivity index (χ1) is 17.8. The normalized spacial score (nSPS) is 21.1. The van der Waals surface area contributed by atoms with E-state index in [1.54, 1.807) is 38.3 Å². The number of esters is 2. The summed E-state index contributed by atoms with van der Waals surface area (Å²) < 4.78 is 21.0. The van der Waals surface area contributed by atoms with Crippen LogP contribution in [0.25, 0.3) is 0 Å². The van der Waals surface area contributed by atoms with Gasteiger partial charge in [0.2, 0.25) is 0 Å². The number of dihydropyridines is 1. The van der Waals surface area contributed by atoms with Crippen molar-refractivity contribution in [3.8, 4) is 11.5 Å². The first kappa shape index (κ1) is 26.0. The summed E-state index contributed by atoms with van der Waals surface area (Å²) in [6.45, 7) is 4.20. The molecular formula is C29H31NO7. The fourth-order valence-electron chi connectivity index (χ4n) is 5.23. The Balaban J connectivity index is 1.86. The molecule has 3 atom stereocenters. The highest BCUT2D eigenvalue weighted by atomic mass is 16.5. The highest BCUT2D eigenvalue weighted by molar-refractivity contribution is 6.13. The molecule has 194 valence electrons. The maximum absolute atomic E-state index is 14.2. The van der Waals surface area contributed by atoms with Gasteiger partial charge >= 0.3 is 11.9 Å². The Morgan fingerprint density at radius 2 is 1.54 bits per heavy atom. The van der Waals surface area contributed by atoms with Crippen LogP contribution in [-0.2, 0) is 23.9 Å². The van der Waals surface area contributed by atoms with Gasteiger partial charge < -0.3 is 24.3 Å². The van der Waals surface area contributed by atoms with Gasteiger partial charge in [-0.3, -0.25) is 9.59 Å². The van der Waals surface area contributed by atoms with Crippen molar-refractivity contribution >= 4 is 17.7 Å². The molecule has 0 radical (unpaired) electrons. The van der Waals surface area contributed by atoms with Gasteiger partial charge in [-0.1, -0.05) is 24.3 Å². The average Bonchev–Trinajstić information content (AvgIpc) is 2.92. The summed E-state index contributed by atoms with van der Waals surface area (Å²) in [6.07, 6.45) is 0.381. The van der Waals surface area contributed by atoms with E-state index in [4.69, 9.17) is 18.9 Å². The van der Waals surface area contributed by atoms with Crippen molar-refractivity contribution in [2.75, 3.05) is 27.9 Å². The van der Waals surface area contributed by atoms with Crippen molar-refractivity contribution in [2.24, 2.45) is 5.92 Å². The van der Waals surface area contributed by atoms with Crippen LogP contribution in [0.5, 0.6) is 11.5 Å². The van der Waals surface area contributed by atoms with E-state index in [9.17, 15) is 14.4 Å². The number of ketones is 1. The number of Topliss-reactive ketones (excluding diaryl/α,β-unsaturated/α-hetero) is 1. The molecule has 0 fully saturated rings. The quantitative estimate of drug-likeness (QED) is 0.445. The predicted octanol–water partition coefficient (Wildman–Crippen LogP) is 4.03. The Morgan fingerprint density at radius 1 is 0.919 bits per heavy atom. The van der Waals surface area contributed by atoms with E-state index in [-0.39, 0.29) is 5.78 Å². The van der Waals surface area contributed by atoms with Gasteiger partial charge in [0, 0.05) is 28.8 Å². The van der Waals surface area contributed by atoms with E-state index in [1.807, 2.05) is 31.2 Å². The Labute approximate surface area is 216 Å². The second-order valence-corrected chi connectivity index (χ2v) is 8.93. The lowest BCUT2D eigenvalue weighted by atomic mass is 9.67. The molecule has 4 rings (SSSR count). The number of carbonyl (C=O) groups excluding carboxylic acids is 3. The molecule has 1 aliphatic carbocycles. The molecule has 2 aromatic rings. The van der Waals surface area contributed by atoms with Gasteiger partial charge in [0.15, 0.2) is 5.78 Å². The summed E-state index contributed by atoms with van der Waals surface area (Å²) in [6, 6.07) is 14.6. The SMILES string of the molecule is CCOc1ccc(C2C(C(=O)OC)=C(C)NC3=C2C(=O)C(C(=O)OC)C(c2ccc(OC)cc2)C3)cc1. The highest BCUT2D eigenvalue weighted by Gasteiger charge is 2.48. The first-order valence-corrected chi connectivity index (χ1v) is 12.1. The summed E-state index contributed by atoms with van der Waals surface area (Å²) >= 11 is 0. The minimum Gasteiger partial charge on any atom is -0.497 e. The van der Waals surface area contributed by atoms with Crippen molar-refractivity contribution < 1.29 is 33.3 Å². The number of ether oxygens (including phenoxy) is 4. The molecule has 1 heterocycles. The van der Waals surface area contributed by atoms with Crippen LogP contribution in [0.1, 0.15) is 43.2 Å². The van der Waals surface area contributed by atoms with E-state index in [2.05, 4.69) is 5.32 Å². The van der Waals surface area contributed by atoms with Crippen LogP contribution in [0.2, 0.25) is 0 Å². The van der Waals surface area contributed by atoms with Gasteiger partial charge in [0.1, 0.15) is 17.4 Å². The van der Waals surface area contributed by atoms with E-state index in [1.165, 1.54) is 14.2 Å². The van der Waals surface area contributed by atoms with Gasteiger partial charge in [-0.2, -0.15) is 0 Å². The minimum absolute atomic E-state index is 0.324. The third-order valence-corrected chi connectivity index (χ3v) is 6.95. The minimum atomic E-state index is -1.07. The third kappa shape index (κ3) is 4.83. The standard InChI is InChI=1S/C29H31NO7/c1-6-37-20-13-9-18(10-14-20)24-23(28(32)35-4)16(2)30-22-15-21(17-7-11-19(34-3)12-8-17)25(29(33)36-5)27(31)26(22)24/h7-14,21,24-25,30H,6,15H2,1-5H3. The number of allylic oxidation sites excluding steroid dienone is 3. The molecule has 37 heavy (non-hydrogen) atoms. The van der Waals surface area contributed by atoms with Crippen molar-refractivity contribution in [1.82, 2.24) is 5.32 Å². The van der Waals surface area contributed by atoms with Gasteiger partial charge in [-0.25, -0.2) is 4.79 Å². The lowest BCUT2D eigenvalue weighted by molar-refractivity contribution is -0.150. The molecule has 0 spiro atoms. The lowest BCUT2D eigenvalue weighted by Crippen LogP contribution is -2.43. The van der Waals surface area contributed by atoms with Crippen molar-refractivity contribution in [3.05, 3.63) is 82.2 Å². The molecule has 3 unspecified atom stereocenters. The molecule has 0 bridgehead atoms. The predicted molar refractivity (Wildman–Crippen MR) is 136 cm³/mol. The van der Waals surface area contributed by atoms with Crippen molar-refractivity contribution in [1.29, 1.82) is 0 Å². The number of hydrogen-bond acceptors (Lipinski definition) is 8. The maximum atomic E-state index is 14.2. The highest BCUT2D eigenvalue weighted by Crippen LogP contribution is 2.48. The van der Waals surface area contributed by atoms with E-state index in [0.29, 0.717) is 47.1 Å². The van der Waals surface area contributed by atoms with Gasteiger partial charge in [-0.15, -0.1) is 0 Å². The molecule has 0 amide bonds. The smallest absolute Gasteiger partial charge is 0.336 e. The fraction of sp³-hybridized carbons (Fsp3) is 0.345. The topological polar surface area (TPSA) is 100 Å². The Bertz CT molecular complexity index is 1260. The maximum Gasteiger partial charge on any atom is 0.336 e. The van der Waals surface area contributed by atoms with E-state index < -0.39 is 29.7 Å². The molecule has 0 aromatic heterocycles. The summed E-state index contributed by atoms with van der Waals surface area (Å²) in [7, 11) is 4.16. The van der Waals surface area contributed by atoms with Gasteiger partial charge in [0.25, 0.3) is 0 Å². The number of methoxy groups -OCH3 is 3. The largest absolute Gasteiger partial charge is 0.497 e. The van der Waals surface area contributed by atoms with E-state index in [0.717, 1.165) is 11.1 Å². The second-order valence-electron chi connectivity index (χ2n) is 8.93. The van der Waals surface area contributed by atoms with E-state index >= 15 is 0 Å². The fourth-order valence-corrected chi connectivity index (χ4v) is 5.23. The summed E-state index contributed by atoms with van der Waals surface area (Å²) in [4.78, 5) is 40.1. The van der Waals surface area contributed by atoms with Gasteiger partial charge in [-0.05, 0) is 55.7 Å². The zero-order valence-corrected chi connectivity index (χ0v) is 21.6. The third-order valence-electron chi connectivity index (χ3n) is 6.95. The average molecular weight is 506 g/mol. The summed E-state index contributed by atoms with van der Waals surface area (Å²) in [5.74, 6) is -2.43. The number of hydrogen-bond donors (Lipinski definition) is 1. The second kappa shape index (κ2) is 10.9. The molecule has 1 N–H and O–H groups in total. The molecule has 1 aliphatic heterocycles. The molecule has 0 saturated carbocycles. The van der Waals surface area contributed by atoms with Crippen LogP contribution in [0.4, 0.5) is 0 Å². The van der Waals surface area contributed by atoms with Crippen molar-refractivity contribution in [3.63, 3.8) is 0 Å². The van der Waals surface area contributed by atoms with Crippen LogP contribution in [0, 0.1) is 5.92 Å². The number of rotatable bonds is 7. The van der Waals surface area contributed by atoms with Gasteiger partial charge in [0.05, 0.1) is 33.5 Å². The van der Waals surface area contributed by atoms with Crippen LogP contribution in [-0.4, -0.2) is 45.7 Å². The molecule has 8 heteroatoms. The zero-order chi connectivity index (χ0) is 26.7. The molecule has 0 saturated heterocycles. The van der Waals surface area contributed by atoms with Crippen molar-refractivity contribution in [2.45, 2.75) is 32.1 Å². The Morgan fingerprint density at radius 3 is 2.11 bits per heavy atom. The Hall–Kier alpha value is -4.07. The molecule has 8 nitrogen and oxygen atoms in total. The van der Waals surface area contributed by atoms with Crippen LogP contribution >= 0.6 is 0 Å². The zero-order valence-electron chi connectivity index (χ0n) is 21.6. The number of benzene rings is 2. The molecule has 2 aliphatic rings. The van der Waals surface area contributed by atoms with Crippen LogP contribution < -0.4 is 14.8 Å². The Kier molecular flexibility index (Phi) is 7.66. The number of carbonyl (C=O) groups is 3. The molecular weight excluding hydrogens is 474 g/mol. The van der Waals surface area contributed by atoms with Crippen LogP contribution in [0.15, 0.2) is 71.1 Å². The monoisotopic (exact) mass is 505 g/mol. The summed E-state index contributed by atoms with van der Waals surface area (Å²) in [5.41, 5.74) is 3.51. The summed E-state index contributed by atoms with van der Waals surface area (Å²) in [5, 5.41) is 3.28. The lowest BCUT2D eigenvalue weighted by Gasteiger charge is -2.39. The van der Waals surface area contributed by atoms with Crippen LogP contribution in [0.3, 0.4) is 0 Å².